The Kier molecular flexibility index (Phi) is 6.56. The molecule has 2 unspecified atom stereocenters. The second-order valence-electron chi connectivity index (χ2n) is 10.9. The minimum absolute atomic E-state index is 0.258. The zero-order chi connectivity index (χ0) is 24.6. The van der Waals surface area contributed by atoms with Gasteiger partial charge in [-0.15, -0.1) is 0 Å². The average Bonchev–Trinajstić information content (AvgIpc) is 3.45. The third-order valence-corrected chi connectivity index (χ3v) is 8.45. The van der Waals surface area contributed by atoms with Crippen LogP contribution in [-0.2, 0) is 6.54 Å². The fourth-order valence-corrected chi connectivity index (χ4v) is 6.29. The highest BCUT2D eigenvalue weighted by molar-refractivity contribution is 5.88. The molecule has 3 aromatic rings. The van der Waals surface area contributed by atoms with E-state index in [1.165, 1.54) is 25.0 Å². The normalized spacial score (nSPS) is 27.5. The molecular formula is C28H36FN5O2. The van der Waals surface area contributed by atoms with Crippen LogP contribution < -0.4 is 9.64 Å². The standard InChI is InChI=1S/C28H36FN5O2/c1-19-6-7-20(2)34(19)16-23-4-3-5-27(30-23)35-18-21-8-10-24-17-33(13-12-32(24)15-21)28-25-14-22(29)9-11-26(25)36-31-28/h3-5,9,11,14,19-21,24H,6-8,10,12-13,15-18H2,1-2H3/t19?,20?,21-,24+/m1/s1. The molecule has 3 saturated heterocycles. The number of halogens is 1. The number of fused-ring (bicyclic) bond motifs is 2. The lowest BCUT2D eigenvalue weighted by Gasteiger charge is -2.46. The molecule has 0 bridgehead atoms. The molecule has 0 saturated carbocycles. The Morgan fingerprint density at radius 2 is 1.89 bits per heavy atom. The lowest BCUT2D eigenvalue weighted by Crippen LogP contribution is -2.57. The Labute approximate surface area is 212 Å². The molecule has 0 aliphatic carbocycles. The Morgan fingerprint density at radius 3 is 2.75 bits per heavy atom. The van der Waals surface area contributed by atoms with Gasteiger partial charge in [-0.05, 0) is 63.8 Å². The number of hydrogen-bond acceptors (Lipinski definition) is 7. The summed E-state index contributed by atoms with van der Waals surface area (Å²) in [5.74, 6) is 1.74. The van der Waals surface area contributed by atoms with Crippen LogP contribution in [0.25, 0.3) is 11.0 Å². The number of benzene rings is 1. The van der Waals surface area contributed by atoms with Crippen molar-refractivity contribution in [2.75, 3.05) is 37.7 Å². The largest absolute Gasteiger partial charge is 0.477 e. The fraction of sp³-hybridized carbons (Fsp3) is 0.571. The van der Waals surface area contributed by atoms with Crippen LogP contribution in [0.4, 0.5) is 10.2 Å². The monoisotopic (exact) mass is 493 g/mol. The van der Waals surface area contributed by atoms with E-state index in [-0.39, 0.29) is 5.82 Å². The summed E-state index contributed by atoms with van der Waals surface area (Å²) in [6.07, 6.45) is 4.78. The van der Waals surface area contributed by atoms with Crippen molar-refractivity contribution in [1.29, 1.82) is 0 Å². The number of nitrogens with zero attached hydrogens (tertiary/aromatic N) is 5. The molecule has 192 valence electrons. The van der Waals surface area contributed by atoms with Gasteiger partial charge in [-0.25, -0.2) is 9.37 Å². The number of anilines is 1. The summed E-state index contributed by atoms with van der Waals surface area (Å²) in [5, 5.41) is 5.02. The van der Waals surface area contributed by atoms with Gasteiger partial charge < -0.3 is 14.2 Å². The van der Waals surface area contributed by atoms with E-state index in [1.54, 1.807) is 6.07 Å². The van der Waals surface area contributed by atoms with Crippen LogP contribution in [0.1, 0.15) is 45.2 Å². The number of pyridine rings is 1. The number of ether oxygens (including phenoxy) is 1. The topological polar surface area (TPSA) is 57.9 Å². The smallest absolute Gasteiger partial charge is 0.213 e. The maximum Gasteiger partial charge on any atom is 0.213 e. The van der Waals surface area contributed by atoms with Crippen molar-refractivity contribution in [3.63, 3.8) is 0 Å². The molecule has 3 aliphatic rings. The quantitative estimate of drug-likeness (QED) is 0.493. The molecule has 4 atom stereocenters. The van der Waals surface area contributed by atoms with Gasteiger partial charge in [0.15, 0.2) is 11.4 Å². The Morgan fingerprint density at radius 1 is 1.03 bits per heavy atom. The molecule has 3 fully saturated rings. The van der Waals surface area contributed by atoms with Gasteiger partial charge in [-0.1, -0.05) is 11.2 Å². The number of piperidine rings is 1. The van der Waals surface area contributed by atoms with Crippen molar-refractivity contribution in [1.82, 2.24) is 19.9 Å². The summed E-state index contributed by atoms with van der Waals surface area (Å²) in [5.41, 5.74) is 1.73. The van der Waals surface area contributed by atoms with Crippen molar-refractivity contribution in [2.24, 2.45) is 5.92 Å². The third-order valence-electron chi connectivity index (χ3n) is 8.45. The SMILES string of the molecule is CC1CCC(C)N1Cc1cccc(OC[C@@H]2CC[C@H]3CN(c4noc5ccc(F)cc45)CCN3C2)n1. The Hall–Kier alpha value is -2.71. The molecule has 0 amide bonds. The highest BCUT2D eigenvalue weighted by Gasteiger charge is 2.34. The molecule has 0 radical (unpaired) electrons. The molecule has 36 heavy (non-hydrogen) atoms. The van der Waals surface area contributed by atoms with Gasteiger partial charge >= 0.3 is 0 Å². The highest BCUT2D eigenvalue weighted by Crippen LogP contribution is 2.32. The molecule has 2 aromatic heterocycles. The lowest BCUT2D eigenvalue weighted by atomic mass is 9.91. The number of hydrogen-bond donors (Lipinski definition) is 0. The molecule has 5 heterocycles. The predicted octanol–water partition coefficient (Wildman–Crippen LogP) is 4.71. The van der Waals surface area contributed by atoms with Gasteiger partial charge in [-0.2, -0.15) is 0 Å². The van der Waals surface area contributed by atoms with Gasteiger partial charge in [0.1, 0.15) is 5.82 Å². The van der Waals surface area contributed by atoms with E-state index in [0.717, 1.165) is 68.3 Å². The summed E-state index contributed by atoms with van der Waals surface area (Å²) in [6.45, 7) is 9.97. The number of rotatable bonds is 6. The van der Waals surface area contributed by atoms with Crippen molar-refractivity contribution < 1.29 is 13.7 Å². The minimum Gasteiger partial charge on any atom is -0.477 e. The van der Waals surface area contributed by atoms with E-state index in [1.807, 2.05) is 6.07 Å². The summed E-state index contributed by atoms with van der Waals surface area (Å²) in [6, 6.07) is 12.5. The van der Waals surface area contributed by atoms with Crippen molar-refractivity contribution >= 4 is 16.8 Å². The van der Waals surface area contributed by atoms with E-state index in [9.17, 15) is 4.39 Å². The van der Waals surface area contributed by atoms with Gasteiger partial charge in [0.05, 0.1) is 17.7 Å². The minimum atomic E-state index is -0.258. The molecule has 3 aliphatic heterocycles. The maximum atomic E-state index is 13.8. The van der Waals surface area contributed by atoms with Crippen LogP contribution in [0.15, 0.2) is 40.9 Å². The molecule has 6 rings (SSSR count). The van der Waals surface area contributed by atoms with Crippen LogP contribution in [0.5, 0.6) is 5.88 Å². The summed E-state index contributed by atoms with van der Waals surface area (Å²) < 4.78 is 25.4. The van der Waals surface area contributed by atoms with Crippen LogP contribution in [0, 0.1) is 11.7 Å². The second kappa shape index (κ2) is 9.98. The van der Waals surface area contributed by atoms with E-state index in [2.05, 4.69) is 45.8 Å². The first kappa shape index (κ1) is 23.7. The summed E-state index contributed by atoms with van der Waals surface area (Å²) in [7, 11) is 0. The molecule has 0 N–H and O–H groups in total. The van der Waals surface area contributed by atoms with Crippen molar-refractivity contribution in [3.05, 3.63) is 47.9 Å². The summed E-state index contributed by atoms with van der Waals surface area (Å²) in [4.78, 5) is 12.2. The molecular weight excluding hydrogens is 457 g/mol. The average molecular weight is 494 g/mol. The van der Waals surface area contributed by atoms with Crippen molar-refractivity contribution in [3.8, 4) is 5.88 Å². The van der Waals surface area contributed by atoms with Gasteiger partial charge in [0.2, 0.25) is 5.88 Å². The van der Waals surface area contributed by atoms with E-state index in [4.69, 9.17) is 14.2 Å². The zero-order valence-corrected chi connectivity index (χ0v) is 21.3. The van der Waals surface area contributed by atoms with Gasteiger partial charge in [0, 0.05) is 62.8 Å². The molecule has 1 aromatic carbocycles. The van der Waals surface area contributed by atoms with E-state index < -0.39 is 0 Å². The van der Waals surface area contributed by atoms with E-state index in [0.29, 0.717) is 36.2 Å². The highest BCUT2D eigenvalue weighted by atomic mass is 19.1. The van der Waals surface area contributed by atoms with Gasteiger partial charge in [-0.3, -0.25) is 9.80 Å². The number of likely N-dealkylation sites (tertiary alicyclic amines) is 1. The van der Waals surface area contributed by atoms with Gasteiger partial charge in [0.25, 0.3) is 0 Å². The molecule has 8 heteroatoms. The Bertz CT molecular complexity index is 1190. The first-order chi connectivity index (χ1) is 17.5. The van der Waals surface area contributed by atoms with Crippen LogP contribution in [0.3, 0.4) is 0 Å². The first-order valence-corrected chi connectivity index (χ1v) is 13.4. The molecule has 7 nitrogen and oxygen atoms in total. The second-order valence-corrected chi connectivity index (χ2v) is 10.9. The maximum absolute atomic E-state index is 13.8. The summed E-state index contributed by atoms with van der Waals surface area (Å²) >= 11 is 0. The predicted molar refractivity (Wildman–Crippen MR) is 138 cm³/mol. The fourth-order valence-electron chi connectivity index (χ4n) is 6.29. The first-order valence-electron chi connectivity index (χ1n) is 13.4. The van der Waals surface area contributed by atoms with Crippen molar-refractivity contribution in [2.45, 2.75) is 64.2 Å². The number of aromatic nitrogens is 2. The zero-order valence-electron chi connectivity index (χ0n) is 21.3. The third kappa shape index (κ3) is 4.81. The number of piperazine rings is 1. The van der Waals surface area contributed by atoms with E-state index >= 15 is 0 Å². The van der Waals surface area contributed by atoms with Crippen LogP contribution in [-0.4, -0.2) is 70.9 Å². The molecule has 0 spiro atoms. The lowest BCUT2D eigenvalue weighted by molar-refractivity contribution is 0.0715. The van der Waals surface area contributed by atoms with Crippen LogP contribution >= 0.6 is 0 Å². The van der Waals surface area contributed by atoms with Crippen LogP contribution in [0.2, 0.25) is 0 Å². The Balaban J connectivity index is 1.02.